The van der Waals surface area contributed by atoms with Gasteiger partial charge in [-0.15, -0.1) is 0 Å². The van der Waals surface area contributed by atoms with Crippen molar-refractivity contribution in [2.24, 2.45) is 0 Å². The van der Waals surface area contributed by atoms with Gasteiger partial charge in [0.05, 0.1) is 0 Å². The molecular formula is C7H8ClNO2. The number of furan rings is 1. The Morgan fingerprint density at radius 2 is 2.36 bits per heavy atom. The summed E-state index contributed by atoms with van der Waals surface area (Å²) in [5.74, 6) is 0.501. The summed E-state index contributed by atoms with van der Waals surface area (Å²) in [6.07, 6.45) is 0.247. The first kappa shape index (κ1) is 7.00. The highest BCUT2D eigenvalue weighted by Crippen LogP contribution is 2.21. The van der Waals surface area contributed by atoms with Crippen LogP contribution in [0.3, 0.4) is 0 Å². The average Bonchev–Trinajstić information content (AvgIpc) is 2.27. The van der Waals surface area contributed by atoms with Crippen LogP contribution in [0.1, 0.15) is 0 Å². The number of halogens is 1. The number of ether oxygens (including phenoxy) is 1. The Labute approximate surface area is 69.3 Å². The minimum absolute atomic E-state index is 0.247. The Kier molecular flexibility index (Phi) is 1.75. The van der Waals surface area contributed by atoms with E-state index in [1.54, 1.807) is 12.1 Å². The van der Waals surface area contributed by atoms with Crippen molar-refractivity contribution in [1.29, 1.82) is 0 Å². The molecule has 0 bridgehead atoms. The molecule has 1 saturated heterocycles. The first-order valence-corrected chi connectivity index (χ1v) is 3.85. The minimum atomic E-state index is 0.247. The first-order valence-electron chi connectivity index (χ1n) is 3.47. The Hall–Kier alpha value is -0.670. The van der Waals surface area contributed by atoms with Crippen molar-refractivity contribution in [2.75, 3.05) is 13.1 Å². The topological polar surface area (TPSA) is 34.4 Å². The molecule has 1 aromatic heterocycles. The molecule has 60 valence electrons. The maximum atomic E-state index is 5.54. The molecule has 0 spiro atoms. The number of rotatable bonds is 2. The van der Waals surface area contributed by atoms with Crippen LogP contribution in [-0.2, 0) is 0 Å². The zero-order valence-corrected chi connectivity index (χ0v) is 6.60. The Morgan fingerprint density at radius 3 is 2.82 bits per heavy atom. The predicted octanol–water partition coefficient (Wildman–Crippen LogP) is 1.28. The third-order valence-corrected chi connectivity index (χ3v) is 1.78. The lowest BCUT2D eigenvalue weighted by atomic mass is 10.2. The molecule has 0 radical (unpaired) electrons. The highest BCUT2D eigenvalue weighted by atomic mass is 35.5. The summed E-state index contributed by atoms with van der Waals surface area (Å²) in [5, 5.41) is 3.46. The zero-order chi connectivity index (χ0) is 7.68. The van der Waals surface area contributed by atoms with Gasteiger partial charge in [-0.3, -0.25) is 0 Å². The largest absolute Gasteiger partial charge is 0.459 e. The standard InChI is InChI=1S/C7H8ClNO2/c8-6-1-2-7(11-6)10-5-3-9-4-5/h1-2,5,9H,3-4H2. The third kappa shape index (κ3) is 1.49. The van der Waals surface area contributed by atoms with Crippen LogP contribution >= 0.6 is 11.6 Å². The molecule has 2 heterocycles. The highest BCUT2D eigenvalue weighted by molar-refractivity contribution is 6.28. The summed E-state index contributed by atoms with van der Waals surface area (Å²) in [4.78, 5) is 0. The lowest BCUT2D eigenvalue weighted by molar-refractivity contribution is 0.109. The fourth-order valence-electron chi connectivity index (χ4n) is 0.871. The Balaban J connectivity index is 1.95. The van der Waals surface area contributed by atoms with Gasteiger partial charge in [0.25, 0.3) is 5.95 Å². The SMILES string of the molecule is Clc1ccc(OC2CNC2)o1. The minimum Gasteiger partial charge on any atom is -0.459 e. The summed E-state index contributed by atoms with van der Waals surface area (Å²) >= 11 is 5.54. The third-order valence-electron chi connectivity index (χ3n) is 1.58. The smallest absolute Gasteiger partial charge is 0.286 e. The van der Waals surface area contributed by atoms with Crippen LogP contribution in [0, 0.1) is 0 Å². The molecule has 4 heteroatoms. The number of hydrogen-bond acceptors (Lipinski definition) is 3. The van der Waals surface area contributed by atoms with Gasteiger partial charge in [0.1, 0.15) is 6.10 Å². The molecule has 1 aliphatic heterocycles. The van der Waals surface area contributed by atoms with E-state index >= 15 is 0 Å². The van der Waals surface area contributed by atoms with E-state index in [4.69, 9.17) is 20.8 Å². The number of hydrogen-bond donors (Lipinski definition) is 1. The molecule has 0 aliphatic carbocycles. The lowest BCUT2D eigenvalue weighted by Gasteiger charge is -2.26. The molecular weight excluding hydrogens is 166 g/mol. The van der Waals surface area contributed by atoms with E-state index in [1.165, 1.54) is 0 Å². The first-order chi connectivity index (χ1) is 5.34. The van der Waals surface area contributed by atoms with Crippen LogP contribution in [0.15, 0.2) is 16.5 Å². The van der Waals surface area contributed by atoms with E-state index in [0.29, 0.717) is 11.2 Å². The second-order valence-corrected chi connectivity index (χ2v) is 2.83. The summed E-state index contributed by atoms with van der Waals surface area (Å²) in [6.45, 7) is 1.77. The molecule has 1 aliphatic rings. The quantitative estimate of drug-likeness (QED) is 0.732. The van der Waals surface area contributed by atoms with Crippen LogP contribution in [0.25, 0.3) is 0 Å². The van der Waals surface area contributed by atoms with E-state index in [0.717, 1.165) is 13.1 Å². The molecule has 0 atom stereocenters. The van der Waals surface area contributed by atoms with Crippen LogP contribution in [0.2, 0.25) is 5.22 Å². The fraction of sp³-hybridized carbons (Fsp3) is 0.429. The van der Waals surface area contributed by atoms with E-state index in [1.807, 2.05) is 0 Å². The van der Waals surface area contributed by atoms with Gasteiger partial charge in [0, 0.05) is 25.2 Å². The van der Waals surface area contributed by atoms with Crippen molar-refractivity contribution in [3.63, 3.8) is 0 Å². The monoisotopic (exact) mass is 173 g/mol. The van der Waals surface area contributed by atoms with Gasteiger partial charge in [-0.05, 0) is 11.6 Å². The number of nitrogens with one attached hydrogen (secondary N) is 1. The van der Waals surface area contributed by atoms with Crippen LogP contribution in [0.4, 0.5) is 0 Å². The van der Waals surface area contributed by atoms with Crippen molar-refractivity contribution in [2.45, 2.75) is 6.10 Å². The van der Waals surface area contributed by atoms with E-state index in [2.05, 4.69) is 5.32 Å². The fourth-order valence-corrected chi connectivity index (χ4v) is 1.01. The molecule has 0 unspecified atom stereocenters. The summed E-state index contributed by atoms with van der Waals surface area (Å²) in [6, 6.07) is 3.39. The normalized spacial score (nSPS) is 17.9. The van der Waals surface area contributed by atoms with Gasteiger partial charge < -0.3 is 14.5 Å². The molecule has 0 saturated carbocycles. The summed E-state index contributed by atoms with van der Waals surface area (Å²) in [7, 11) is 0. The molecule has 3 nitrogen and oxygen atoms in total. The summed E-state index contributed by atoms with van der Waals surface area (Å²) < 4.78 is 10.4. The van der Waals surface area contributed by atoms with Crippen molar-refractivity contribution in [1.82, 2.24) is 5.32 Å². The Morgan fingerprint density at radius 1 is 1.55 bits per heavy atom. The van der Waals surface area contributed by atoms with Gasteiger partial charge in [-0.25, -0.2) is 0 Å². The average molecular weight is 174 g/mol. The van der Waals surface area contributed by atoms with Crippen LogP contribution < -0.4 is 10.1 Å². The maximum Gasteiger partial charge on any atom is 0.286 e. The lowest BCUT2D eigenvalue weighted by Crippen LogP contribution is -2.50. The van der Waals surface area contributed by atoms with Gasteiger partial charge in [0.2, 0.25) is 0 Å². The van der Waals surface area contributed by atoms with Gasteiger partial charge in [0.15, 0.2) is 5.22 Å². The second-order valence-electron chi connectivity index (χ2n) is 2.46. The summed E-state index contributed by atoms with van der Waals surface area (Å²) in [5.41, 5.74) is 0. The van der Waals surface area contributed by atoms with Gasteiger partial charge >= 0.3 is 0 Å². The van der Waals surface area contributed by atoms with Crippen molar-refractivity contribution < 1.29 is 9.15 Å². The van der Waals surface area contributed by atoms with Crippen molar-refractivity contribution >= 4 is 11.6 Å². The molecule has 1 fully saturated rings. The highest BCUT2D eigenvalue weighted by Gasteiger charge is 2.19. The van der Waals surface area contributed by atoms with E-state index < -0.39 is 0 Å². The molecule has 1 aromatic rings. The maximum absolute atomic E-state index is 5.54. The zero-order valence-electron chi connectivity index (χ0n) is 5.84. The molecule has 0 aromatic carbocycles. The van der Waals surface area contributed by atoms with Crippen LogP contribution in [-0.4, -0.2) is 19.2 Å². The van der Waals surface area contributed by atoms with Crippen molar-refractivity contribution in [3.8, 4) is 5.95 Å². The molecule has 11 heavy (non-hydrogen) atoms. The van der Waals surface area contributed by atoms with E-state index in [9.17, 15) is 0 Å². The second kappa shape index (κ2) is 2.75. The molecule has 0 amide bonds. The molecule has 1 N–H and O–H groups in total. The van der Waals surface area contributed by atoms with Crippen molar-refractivity contribution in [3.05, 3.63) is 17.4 Å². The van der Waals surface area contributed by atoms with E-state index in [-0.39, 0.29) is 6.10 Å². The van der Waals surface area contributed by atoms with Crippen LogP contribution in [0.5, 0.6) is 5.95 Å². The predicted molar refractivity (Wildman–Crippen MR) is 41.0 cm³/mol. The molecule has 2 rings (SSSR count). The Bertz CT molecular complexity index is 244. The van der Waals surface area contributed by atoms with Gasteiger partial charge in [-0.1, -0.05) is 0 Å². The van der Waals surface area contributed by atoms with Gasteiger partial charge in [-0.2, -0.15) is 0 Å².